The van der Waals surface area contributed by atoms with Crippen LogP contribution in [0.3, 0.4) is 0 Å². The molecule has 0 radical (unpaired) electrons. The average Bonchev–Trinajstić information content (AvgIpc) is 3.31. The van der Waals surface area contributed by atoms with E-state index in [1.165, 1.54) is 114 Å². The van der Waals surface area contributed by atoms with Crippen molar-refractivity contribution < 1.29 is 0 Å². The molecule has 278 valence electrons. The van der Waals surface area contributed by atoms with Crippen LogP contribution in [0.4, 0.5) is 0 Å². The first kappa shape index (κ1) is 34.3. The van der Waals surface area contributed by atoms with E-state index in [-0.39, 0.29) is 0 Å². The Balaban J connectivity index is 1.09. The van der Waals surface area contributed by atoms with Gasteiger partial charge in [0.15, 0.2) is 0 Å². The molecule has 12 aromatic rings. The van der Waals surface area contributed by atoms with E-state index in [2.05, 4.69) is 231 Å². The van der Waals surface area contributed by atoms with Gasteiger partial charge in [-0.1, -0.05) is 206 Å². The smallest absolute Gasteiger partial charge is 0.00259 e. The largest absolute Gasteiger partial charge is 0.0616 e. The fraction of sp³-hybridized carbons (Fsp3) is 0. The monoisotopic (exact) mass is 758 g/mol. The topological polar surface area (TPSA) is 0 Å². The van der Waals surface area contributed by atoms with Crippen LogP contribution in [0.1, 0.15) is 11.1 Å². The van der Waals surface area contributed by atoms with Crippen molar-refractivity contribution in [2.45, 2.75) is 0 Å². The zero-order chi connectivity index (χ0) is 39.6. The van der Waals surface area contributed by atoms with Crippen molar-refractivity contribution in [1.29, 1.82) is 0 Å². The van der Waals surface area contributed by atoms with Gasteiger partial charge in [-0.2, -0.15) is 0 Å². The molecule has 0 unspecified atom stereocenters. The second-order valence-electron chi connectivity index (χ2n) is 16.0. The summed E-state index contributed by atoms with van der Waals surface area (Å²) in [6.07, 6.45) is 4.66. The Morgan fingerprint density at radius 3 is 0.983 bits per heavy atom. The number of hydrogen-bond donors (Lipinski definition) is 0. The molecule has 0 nitrogen and oxygen atoms in total. The molecule has 0 fully saturated rings. The average molecular weight is 759 g/mol. The van der Waals surface area contributed by atoms with Gasteiger partial charge < -0.3 is 0 Å². The Labute approximate surface area is 348 Å². The van der Waals surface area contributed by atoms with Crippen molar-refractivity contribution in [3.63, 3.8) is 0 Å². The van der Waals surface area contributed by atoms with E-state index in [0.717, 1.165) is 5.56 Å². The Morgan fingerprint density at radius 2 is 0.550 bits per heavy atom. The van der Waals surface area contributed by atoms with Gasteiger partial charge >= 0.3 is 0 Å². The minimum Gasteiger partial charge on any atom is -0.0616 e. The predicted octanol–water partition coefficient (Wildman–Crippen LogP) is 16.9. The van der Waals surface area contributed by atoms with Crippen LogP contribution in [-0.4, -0.2) is 0 Å². The molecule has 0 saturated carbocycles. The van der Waals surface area contributed by atoms with Crippen LogP contribution in [-0.2, 0) is 0 Å². The van der Waals surface area contributed by atoms with Gasteiger partial charge in [-0.3, -0.25) is 0 Å². The summed E-state index contributed by atoms with van der Waals surface area (Å²) in [5, 5.41) is 17.5. The lowest BCUT2D eigenvalue weighted by atomic mass is 9.84. The third-order valence-electron chi connectivity index (χ3n) is 12.6. The lowest BCUT2D eigenvalue weighted by Gasteiger charge is -2.19. The number of hydrogen-bond acceptors (Lipinski definition) is 0. The molecular formula is C60H38. The molecule has 0 aliphatic heterocycles. The van der Waals surface area contributed by atoms with Gasteiger partial charge in [-0.25, -0.2) is 0 Å². The summed E-state index contributed by atoms with van der Waals surface area (Å²) in [5.74, 6) is 0. The maximum absolute atomic E-state index is 2.42. The first-order valence-electron chi connectivity index (χ1n) is 20.8. The lowest BCUT2D eigenvalue weighted by Crippen LogP contribution is -1.92. The summed E-state index contributed by atoms with van der Waals surface area (Å²) in [6.45, 7) is 0. The third-order valence-corrected chi connectivity index (χ3v) is 12.6. The molecule has 0 heterocycles. The summed E-state index contributed by atoms with van der Waals surface area (Å²) in [6, 6.07) is 80.6. The van der Waals surface area contributed by atoms with Crippen LogP contribution in [0.25, 0.3) is 121 Å². The lowest BCUT2D eigenvalue weighted by molar-refractivity contribution is 1.67. The maximum Gasteiger partial charge on any atom is -0.00259 e. The summed E-state index contributed by atoms with van der Waals surface area (Å²) >= 11 is 0. The summed E-state index contributed by atoms with van der Waals surface area (Å²) in [4.78, 5) is 0. The highest BCUT2D eigenvalue weighted by Gasteiger charge is 2.19. The van der Waals surface area contributed by atoms with E-state index in [1.54, 1.807) is 0 Å². The Morgan fingerprint density at radius 1 is 0.217 bits per heavy atom. The Bertz CT molecular complexity index is 3660. The summed E-state index contributed by atoms with van der Waals surface area (Å²) < 4.78 is 0. The van der Waals surface area contributed by atoms with E-state index in [0.29, 0.717) is 0 Å². The zero-order valence-corrected chi connectivity index (χ0v) is 32.9. The second kappa shape index (κ2) is 13.9. The molecule has 0 aliphatic carbocycles. The van der Waals surface area contributed by atoms with Gasteiger partial charge in [0.05, 0.1) is 0 Å². The predicted molar refractivity (Wildman–Crippen MR) is 261 cm³/mol. The van der Waals surface area contributed by atoms with Crippen LogP contribution in [0.2, 0.25) is 0 Å². The van der Waals surface area contributed by atoms with E-state index in [1.807, 2.05) is 0 Å². The molecule has 60 heavy (non-hydrogen) atoms. The fourth-order valence-electron chi connectivity index (χ4n) is 9.79. The standard InChI is InChI=1S/C60H38/c1-4-16-43-36-46(30-27-40(43)13-1)58-52-21-9-7-19-49(52)51(50-20-8-10-22-53(50)58)33-25-39-26-34-56-57(35-39)60(48-32-29-42-15-3-6-18-45(42)38-48)55-24-12-11-23-54(55)59(56)47-31-28-41-14-2-5-17-44(41)37-47/h1-38H/b33-25+. The molecular weight excluding hydrogens is 721 g/mol. The third kappa shape index (κ3) is 5.61. The molecule has 12 aromatic carbocycles. The summed E-state index contributed by atoms with van der Waals surface area (Å²) in [7, 11) is 0. The molecule has 0 N–H and O–H groups in total. The first-order chi connectivity index (χ1) is 29.7. The zero-order valence-electron chi connectivity index (χ0n) is 32.9. The van der Waals surface area contributed by atoms with E-state index < -0.39 is 0 Å². The number of rotatable bonds is 5. The Hall–Kier alpha value is -7.80. The number of benzene rings is 12. The van der Waals surface area contributed by atoms with Crippen molar-refractivity contribution in [2.75, 3.05) is 0 Å². The molecule has 0 aliphatic rings. The van der Waals surface area contributed by atoms with Gasteiger partial charge in [-0.15, -0.1) is 0 Å². The SMILES string of the molecule is C(=C\c1c2ccccc2c(-c2ccc3ccccc3c2)c2ccccc12)/c1ccc2c(-c3ccc4ccccc4c3)c3ccccc3c(-c3ccc4ccccc4c3)c2c1. The molecule has 0 heteroatoms. The van der Waals surface area contributed by atoms with Crippen molar-refractivity contribution >= 4 is 87.6 Å². The van der Waals surface area contributed by atoms with Crippen molar-refractivity contribution in [3.8, 4) is 33.4 Å². The van der Waals surface area contributed by atoms with Gasteiger partial charge in [0.25, 0.3) is 0 Å². The van der Waals surface area contributed by atoms with Crippen LogP contribution >= 0.6 is 0 Å². The minimum atomic E-state index is 1.16. The highest BCUT2D eigenvalue weighted by molar-refractivity contribution is 6.23. The minimum absolute atomic E-state index is 1.16. The summed E-state index contributed by atoms with van der Waals surface area (Å²) in [5.41, 5.74) is 9.90. The van der Waals surface area contributed by atoms with E-state index in [9.17, 15) is 0 Å². The second-order valence-corrected chi connectivity index (χ2v) is 16.0. The molecule has 0 saturated heterocycles. The molecule has 0 atom stereocenters. The first-order valence-corrected chi connectivity index (χ1v) is 20.8. The highest BCUT2D eigenvalue weighted by atomic mass is 14.2. The van der Waals surface area contributed by atoms with Crippen LogP contribution in [0.15, 0.2) is 218 Å². The van der Waals surface area contributed by atoms with Gasteiger partial charge in [0.2, 0.25) is 0 Å². The van der Waals surface area contributed by atoms with Gasteiger partial charge in [0.1, 0.15) is 0 Å². The maximum atomic E-state index is 2.42. The molecule has 0 aromatic heterocycles. The van der Waals surface area contributed by atoms with Crippen LogP contribution < -0.4 is 0 Å². The molecule has 0 bridgehead atoms. The van der Waals surface area contributed by atoms with Crippen molar-refractivity contribution in [2.24, 2.45) is 0 Å². The van der Waals surface area contributed by atoms with E-state index >= 15 is 0 Å². The Kier molecular flexibility index (Phi) is 7.96. The molecule has 12 rings (SSSR count). The normalized spacial score (nSPS) is 11.9. The van der Waals surface area contributed by atoms with Crippen molar-refractivity contribution in [1.82, 2.24) is 0 Å². The molecule has 0 spiro atoms. The molecule has 0 amide bonds. The van der Waals surface area contributed by atoms with E-state index in [4.69, 9.17) is 0 Å². The van der Waals surface area contributed by atoms with Crippen LogP contribution in [0, 0.1) is 0 Å². The van der Waals surface area contributed by atoms with Crippen molar-refractivity contribution in [3.05, 3.63) is 230 Å². The quantitative estimate of drug-likeness (QED) is 0.121. The van der Waals surface area contributed by atoms with Crippen LogP contribution in [0.5, 0.6) is 0 Å². The fourth-order valence-corrected chi connectivity index (χ4v) is 9.79. The van der Waals surface area contributed by atoms with Gasteiger partial charge in [0, 0.05) is 0 Å². The highest BCUT2D eigenvalue weighted by Crippen LogP contribution is 2.46. The van der Waals surface area contributed by atoms with Gasteiger partial charge in [-0.05, 0) is 144 Å². The number of fused-ring (bicyclic) bond motifs is 7.